The second kappa shape index (κ2) is 10.3. The Bertz CT molecular complexity index is 609. The van der Waals surface area contributed by atoms with E-state index in [1.54, 1.807) is 11.8 Å². The maximum Gasteiger partial charge on any atom is 0.226 e. The van der Waals surface area contributed by atoms with E-state index in [2.05, 4.69) is 34.3 Å². The van der Waals surface area contributed by atoms with Gasteiger partial charge in [-0.2, -0.15) is 0 Å². The van der Waals surface area contributed by atoms with Crippen molar-refractivity contribution in [2.75, 3.05) is 77.2 Å². The van der Waals surface area contributed by atoms with E-state index in [0.717, 1.165) is 38.4 Å². The number of hydrogen-bond acceptors (Lipinski definition) is 5. The molecule has 1 saturated heterocycles. The van der Waals surface area contributed by atoms with Gasteiger partial charge in [-0.1, -0.05) is 0 Å². The number of amides is 2. The average Bonchev–Trinajstić information content (AvgIpc) is 2.62. The van der Waals surface area contributed by atoms with E-state index in [0.29, 0.717) is 19.5 Å². The van der Waals surface area contributed by atoms with Crippen LogP contribution in [-0.2, 0) is 9.59 Å². The Morgan fingerprint density at radius 3 is 2.19 bits per heavy atom. The van der Waals surface area contributed by atoms with Gasteiger partial charge in [0.1, 0.15) is 0 Å². The average molecular weight is 376 g/mol. The molecule has 7 heteroatoms. The third kappa shape index (κ3) is 7.19. The van der Waals surface area contributed by atoms with E-state index in [1.165, 1.54) is 5.69 Å². The molecule has 150 valence electrons. The molecule has 0 aromatic heterocycles. The summed E-state index contributed by atoms with van der Waals surface area (Å²) in [7, 11) is 6.08. The zero-order valence-corrected chi connectivity index (χ0v) is 17.1. The minimum atomic E-state index is -0.0709. The molecule has 0 aliphatic carbocycles. The number of likely N-dealkylation sites (N-methyl/N-ethyl adjacent to an activating group) is 2. The smallest absolute Gasteiger partial charge is 0.226 e. The minimum absolute atomic E-state index is 0.00109. The third-order valence-electron chi connectivity index (χ3n) is 4.89. The molecule has 1 aliphatic rings. The molecule has 1 heterocycles. The van der Waals surface area contributed by atoms with Crippen molar-refractivity contribution in [1.82, 2.24) is 14.7 Å². The van der Waals surface area contributed by atoms with Gasteiger partial charge in [-0.3, -0.25) is 9.59 Å². The van der Waals surface area contributed by atoms with Crippen LogP contribution in [0.5, 0.6) is 0 Å². The summed E-state index contributed by atoms with van der Waals surface area (Å²) < 4.78 is 0. The van der Waals surface area contributed by atoms with E-state index in [-0.39, 0.29) is 11.8 Å². The second-order valence-electron chi connectivity index (χ2n) is 7.44. The summed E-state index contributed by atoms with van der Waals surface area (Å²) in [5, 5.41) is 2.92. The third-order valence-corrected chi connectivity index (χ3v) is 4.89. The van der Waals surface area contributed by atoms with Crippen LogP contribution in [0.3, 0.4) is 0 Å². The van der Waals surface area contributed by atoms with Crippen LogP contribution < -0.4 is 10.2 Å². The molecule has 27 heavy (non-hydrogen) atoms. The van der Waals surface area contributed by atoms with Crippen molar-refractivity contribution in [2.45, 2.75) is 13.3 Å². The lowest BCUT2D eigenvalue weighted by Gasteiger charge is -2.34. The number of anilines is 2. The fourth-order valence-corrected chi connectivity index (χ4v) is 3.03. The first-order valence-electron chi connectivity index (χ1n) is 9.59. The molecule has 2 rings (SSSR count). The highest BCUT2D eigenvalue weighted by Crippen LogP contribution is 2.19. The van der Waals surface area contributed by atoms with Gasteiger partial charge in [-0.25, -0.2) is 0 Å². The Morgan fingerprint density at radius 1 is 1.00 bits per heavy atom. The van der Waals surface area contributed by atoms with Crippen LogP contribution in [0, 0.1) is 0 Å². The van der Waals surface area contributed by atoms with E-state index < -0.39 is 0 Å². The topological polar surface area (TPSA) is 59.1 Å². The van der Waals surface area contributed by atoms with Gasteiger partial charge in [-0.15, -0.1) is 0 Å². The molecule has 1 fully saturated rings. The van der Waals surface area contributed by atoms with E-state index in [4.69, 9.17) is 0 Å². The lowest BCUT2D eigenvalue weighted by Crippen LogP contribution is -2.44. The summed E-state index contributed by atoms with van der Waals surface area (Å²) in [5.41, 5.74) is 1.98. The molecule has 0 saturated carbocycles. The number of carbonyl (C=O) groups is 2. The maximum atomic E-state index is 12.2. The Morgan fingerprint density at radius 2 is 1.63 bits per heavy atom. The van der Waals surface area contributed by atoms with Gasteiger partial charge in [0.05, 0.1) is 0 Å². The van der Waals surface area contributed by atoms with Crippen LogP contribution in [-0.4, -0.2) is 93.5 Å². The Labute approximate surface area is 162 Å². The molecule has 1 aromatic rings. The summed E-state index contributed by atoms with van der Waals surface area (Å²) in [5.74, 6) is -0.0698. The molecule has 0 atom stereocenters. The molecule has 1 aromatic carbocycles. The predicted octanol–water partition coefficient (Wildman–Crippen LogP) is 1.18. The van der Waals surface area contributed by atoms with Gasteiger partial charge in [0.15, 0.2) is 0 Å². The van der Waals surface area contributed by atoms with Crippen molar-refractivity contribution in [1.29, 1.82) is 0 Å². The zero-order valence-electron chi connectivity index (χ0n) is 17.1. The van der Waals surface area contributed by atoms with Crippen molar-refractivity contribution in [3.63, 3.8) is 0 Å². The van der Waals surface area contributed by atoms with E-state index >= 15 is 0 Å². The first kappa shape index (κ1) is 21.2. The van der Waals surface area contributed by atoms with Crippen LogP contribution >= 0.6 is 0 Å². The standard InChI is InChI=1S/C20H33N5O2/c1-17(26)24(14-11-22(2)3)10-9-20(27)21-18-5-7-19(8-6-18)25-15-12-23(4)13-16-25/h5-8H,9-16H2,1-4H3,(H,21,27). The molecule has 0 unspecified atom stereocenters. The van der Waals surface area contributed by atoms with Gasteiger partial charge in [-0.05, 0) is 45.4 Å². The van der Waals surface area contributed by atoms with Crippen LogP contribution in [0.1, 0.15) is 13.3 Å². The fraction of sp³-hybridized carbons (Fsp3) is 0.600. The highest BCUT2D eigenvalue weighted by Gasteiger charge is 2.15. The minimum Gasteiger partial charge on any atom is -0.369 e. The van der Waals surface area contributed by atoms with Crippen molar-refractivity contribution < 1.29 is 9.59 Å². The molecule has 1 N–H and O–H groups in total. The summed E-state index contributed by atoms with van der Waals surface area (Å²) >= 11 is 0. The summed E-state index contributed by atoms with van der Waals surface area (Å²) in [4.78, 5) is 32.4. The zero-order chi connectivity index (χ0) is 19.8. The molecule has 1 aliphatic heterocycles. The van der Waals surface area contributed by atoms with Crippen molar-refractivity contribution in [2.24, 2.45) is 0 Å². The molecule has 0 radical (unpaired) electrons. The van der Waals surface area contributed by atoms with Gasteiger partial charge in [0.2, 0.25) is 11.8 Å². The predicted molar refractivity (Wildman–Crippen MR) is 110 cm³/mol. The van der Waals surface area contributed by atoms with Gasteiger partial charge >= 0.3 is 0 Å². The number of carbonyl (C=O) groups excluding carboxylic acids is 2. The van der Waals surface area contributed by atoms with Crippen LogP contribution in [0.25, 0.3) is 0 Å². The van der Waals surface area contributed by atoms with Crippen molar-refractivity contribution in [3.05, 3.63) is 24.3 Å². The Balaban J connectivity index is 1.80. The maximum absolute atomic E-state index is 12.2. The number of hydrogen-bond donors (Lipinski definition) is 1. The fourth-order valence-electron chi connectivity index (χ4n) is 3.03. The number of piperazine rings is 1. The highest BCUT2D eigenvalue weighted by molar-refractivity contribution is 5.91. The second-order valence-corrected chi connectivity index (χ2v) is 7.44. The van der Waals surface area contributed by atoms with Gasteiger partial charge in [0, 0.05) is 70.5 Å². The number of rotatable bonds is 8. The summed E-state index contributed by atoms with van der Waals surface area (Å²) in [6.07, 6.45) is 0.299. The SMILES string of the molecule is CC(=O)N(CCC(=O)Nc1ccc(N2CCN(C)CC2)cc1)CCN(C)C. The summed E-state index contributed by atoms with van der Waals surface area (Å²) in [6.45, 7) is 7.59. The quantitative estimate of drug-likeness (QED) is 0.739. The van der Waals surface area contributed by atoms with Crippen LogP contribution in [0.2, 0.25) is 0 Å². The number of nitrogens with zero attached hydrogens (tertiary/aromatic N) is 4. The molecule has 7 nitrogen and oxygen atoms in total. The van der Waals surface area contributed by atoms with Crippen LogP contribution in [0.4, 0.5) is 11.4 Å². The van der Waals surface area contributed by atoms with Crippen molar-refractivity contribution >= 4 is 23.2 Å². The normalized spacial score (nSPS) is 15.1. The first-order chi connectivity index (χ1) is 12.8. The van der Waals surface area contributed by atoms with Crippen LogP contribution in [0.15, 0.2) is 24.3 Å². The molecule has 0 spiro atoms. The lowest BCUT2D eigenvalue weighted by molar-refractivity contribution is -0.129. The largest absolute Gasteiger partial charge is 0.369 e. The molecule has 0 bridgehead atoms. The first-order valence-corrected chi connectivity index (χ1v) is 9.59. The number of benzene rings is 1. The lowest BCUT2D eigenvalue weighted by atomic mass is 10.2. The Kier molecular flexibility index (Phi) is 8.06. The highest BCUT2D eigenvalue weighted by atomic mass is 16.2. The van der Waals surface area contributed by atoms with Gasteiger partial charge in [0.25, 0.3) is 0 Å². The molecule has 2 amide bonds. The molecular weight excluding hydrogens is 342 g/mol. The van der Waals surface area contributed by atoms with E-state index in [1.807, 2.05) is 31.1 Å². The van der Waals surface area contributed by atoms with E-state index in [9.17, 15) is 9.59 Å². The van der Waals surface area contributed by atoms with Gasteiger partial charge < -0.3 is 24.9 Å². The molecular formula is C20H33N5O2. The Hall–Kier alpha value is -2.12. The number of nitrogens with one attached hydrogen (secondary N) is 1. The summed E-state index contributed by atoms with van der Waals surface area (Å²) in [6, 6.07) is 8.00. The van der Waals surface area contributed by atoms with Crippen molar-refractivity contribution in [3.8, 4) is 0 Å². The monoisotopic (exact) mass is 375 g/mol.